The molecular formula is C30H44N2OS. The Morgan fingerprint density at radius 1 is 1.09 bits per heavy atom. The molecule has 3 nitrogen and oxygen atoms in total. The summed E-state index contributed by atoms with van der Waals surface area (Å²) in [5, 5.41) is 5.16. The van der Waals surface area contributed by atoms with Crippen molar-refractivity contribution in [2.75, 3.05) is 6.54 Å². The fourth-order valence-electron chi connectivity index (χ4n) is 10.1. The summed E-state index contributed by atoms with van der Waals surface area (Å²) in [4.78, 5) is 6.55. The predicted molar refractivity (Wildman–Crippen MR) is 139 cm³/mol. The van der Waals surface area contributed by atoms with Crippen LogP contribution < -0.4 is 5.32 Å². The van der Waals surface area contributed by atoms with Crippen LogP contribution in [0.15, 0.2) is 11.1 Å². The zero-order valence-electron chi connectivity index (χ0n) is 22.0. The minimum absolute atomic E-state index is 0.0737. The van der Waals surface area contributed by atoms with Crippen molar-refractivity contribution in [1.82, 2.24) is 10.3 Å². The van der Waals surface area contributed by atoms with Gasteiger partial charge >= 0.3 is 0 Å². The zero-order chi connectivity index (χ0) is 23.4. The number of hydrogen-bond donors (Lipinski definition) is 1. The number of aryl methyl sites for hydroxylation is 1. The van der Waals surface area contributed by atoms with Crippen LogP contribution in [-0.2, 0) is 17.6 Å². The lowest BCUT2D eigenvalue weighted by molar-refractivity contribution is -0.0733. The summed E-state index contributed by atoms with van der Waals surface area (Å²) in [6.45, 7) is 13.4. The Kier molecular flexibility index (Phi) is 5.06. The molecule has 1 aromatic heterocycles. The van der Waals surface area contributed by atoms with E-state index in [-0.39, 0.29) is 5.60 Å². The normalized spacial score (nSPS) is 49.8. The molecule has 4 heteroatoms. The first-order chi connectivity index (χ1) is 16.3. The first-order valence-corrected chi connectivity index (χ1v) is 15.1. The Morgan fingerprint density at radius 3 is 2.79 bits per heavy atom. The summed E-state index contributed by atoms with van der Waals surface area (Å²) >= 11 is 1.99. The Balaban J connectivity index is 1.18. The minimum atomic E-state index is 0.0737. The van der Waals surface area contributed by atoms with Gasteiger partial charge in [0.25, 0.3) is 0 Å². The molecule has 1 N–H and O–H groups in total. The monoisotopic (exact) mass is 480 g/mol. The quantitative estimate of drug-likeness (QED) is 0.431. The number of nitrogens with one attached hydrogen (secondary N) is 1. The lowest BCUT2D eigenvalue weighted by Crippen LogP contribution is -2.48. The maximum absolute atomic E-state index is 7.07. The van der Waals surface area contributed by atoms with Gasteiger partial charge in [0.2, 0.25) is 0 Å². The molecular weight excluding hydrogens is 436 g/mol. The highest BCUT2D eigenvalue weighted by molar-refractivity contribution is 7.11. The van der Waals surface area contributed by atoms with Gasteiger partial charge in [-0.3, -0.25) is 0 Å². The largest absolute Gasteiger partial charge is 0.369 e. The van der Waals surface area contributed by atoms with Crippen LogP contribution in [0.25, 0.3) is 0 Å². The highest BCUT2D eigenvalue weighted by Gasteiger charge is 2.59. The van der Waals surface area contributed by atoms with Crippen molar-refractivity contribution in [3.63, 3.8) is 0 Å². The molecule has 3 heterocycles. The zero-order valence-corrected chi connectivity index (χ0v) is 22.8. The number of rotatable bonds is 0. The number of allylic oxidation sites excluding steroid dienone is 1. The summed E-state index contributed by atoms with van der Waals surface area (Å²) in [6, 6.07) is 0.563. The van der Waals surface area contributed by atoms with E-state index in [4.69, 9.17) is 9.72 Å². The Bertz CT molecular complexity index is 1030. The highest BCUT2D eigenvalue weighted by Crippen LogP contribution is 2.64. The van der Waals surface area contributed by atoms with Crippen molar-refractivity contribution in [3.8, 4) is 0 Å². The van der Waals surface area contributed by atoms with Crippen LogP contribution in [0.2, 0.25) is 0 Å². The minimum Gasteiger partial charge on any atom is -0.369 e. The van der Waals surface area contributed by atoms with Crippen LogP contribution in [0.5, 0.6) is 0 Å². The van der Waals surface area contributed by atoms with Crippen molar-refractivity contribution in [3.05, 3.63) is 26.7 Å². The van der Waals surface area contributed by atoms with Crippen LogP contribution in [-0.4, -0.2) is 29.3 Å². The van der Waals surface area contributed by atoms with Gasteiger partial charge in [0.15, 0.2) is 0 Å². The fraction of sp³-hybridized carbons (Fsp3) is 0.833. The molecule has 186 valence electrons. The van der Waals surface area contributed by atoms with E-state index in [1.165, 1.54) is 68.5 Å². The van der Waals surface area contributed by atoms with Crippen molar-refractivity contribution in [1.29, 1.82) is 0 Å². The third-order valence-electron chi connectivity index (χ3n) is 11.9. The SMILES string of the molecule is CC1=C2CC3C(CCC4Cc5nc(C)sc5CC43C)C2CCC2(C1)OC1C[C@H](C)CNC1C2C. The van der Waals surface area contributed by atoms with E-state index in [2.05, 4.69) is 39.9 Å². The second kappa shape index (κ2) is 7.65. The molecule has 4 fully saturated rings. The van der Waals surface area contributed by atoms with Gasteiger partial charge in [0.1, 0.15) is 0 Å². The lowest BCUT2D eigenvalue weighted by atomic mass is 9.53. The number of aromatic nitrogens is 1. The van der Waals surface area contributed by atoms with E-state index in [1.807, 2.05) is 16.9 Å². The molecule has 2 saturated heterocycles. The molecule has 1 spiro atoms. The van der Waals surface area contributed by atoms with Crippen LogP contribution in [0, 0.1) is 47.8 Å². The van der Waals surface area contributed by atoms with Crippen molar-refractivity contribution in [2.45, 2.75) is 110 Å². The van der Waals surface area contributed by atoms with Crippen LogP contribution in [0.4, 0.5) is 0 Å². The Labute approximate surface area is 210 Å². The van der Waals surface area contributed by atoms with Gasteiger partial charge in [-0.2, -0.15) is 0 Å². The molecule has 2 aliphatic heterocycles. The molecule has 0 aromatic carbocycles. The summed E-state index contributed by atoms with van der Waals surface area (Å²) in [7, 11) is 0. The summed E-state index contributed by atoms with van der Waals surface area (Å²) < 4.78 is 7.07. The maximum atomic E-state index is 7.07. The third kappa shape index (κ3) is 3.10. The van der Waals surface area contributed by atoms with E-state index in [0.29, 0.717) is 23.5 Å². The van der Waals surface area contributed by atoms with Gasteiger partial charge in [0.05, 0.1) is 22.4 Å². The van der Waals surface area contributed by atoms with Gasteiger partial charge in [-0.1, -0.05) is 31.9 Å². The van der Waals surface area contributed by atoms with Crippen LogP contribution in [0.1, 0.15) is 88.2 Å². The molecule has 7 rings (SSSR count). The van der Waals surface area contributed by atoms with Crippen molar-refractivity contribution < 1.29 is 4.74 Å². The number of thiazole rings is 1. The summed E-state index contributed by atoms with van der Waals surface area (Å²) in [5.41, 5.74) is 5.57. The Morgan fingerprint density at radius 2 is 1.94 bits per heavy atom. The van der Waals surface area contributed by atoms with Gasteiger partial charge in [-0.05, 0) is 113 Å². The fourth-order valence-corrected chi connectivity index (χ4v) is 11.2. The first-order valence-electron chi connectivity index (χ1n) is 14.3. The average Bonchev–Trinajstić information content (AvgIpc) is 3.39. The van der Waals surface area contributed by atoms with Crippen LogP contribution >= 0.6 is 11.3 Å². The third-order valence-corrected chi connectivity index (χ3v) is 12.9. The molecule has 0 radical (unpaired) electrons. The molecule has 0 amide bonds. The van der Waals surface area contributed by atoms with Crippen molar-refractivity contribution in [2.24, 2.45) is 40.9 Å². The summed E-state index contributed by atoms with van der Waals surface area (Å²) in [6.07, 6.45) is 12.2. The van der Waals surface area contributed by atoms with Crippen LogP contribution in [0.3, 0.4) is 0 Å². The second-order valence-electron chi connectivity index (χ2n) is 13.7. The molecule has 0 bridgehead atoms. The van der Waals surface area contributed by atoms with Gasteiger partial charge < -0.3 is 10.1 Å². The molecule has 10 atom stereocenters. The molecule has 1 aromatic rings. The average molecular weight is 481 g/mol. The second-order valence-corrected chi connectivity index (χ2v) is 14.9. The first kappa shape index (κ1) is 22.5. The van der Waals surface area contributed by atoms with E-state index >= 15 is 0 Å². The predicted octanol–water partition coefficient (Wildman–Crippen LogP) is 6.49. The van der Waals surface area contributed by atoms with Gasteiger partial charge in [-0.15, -0.1) is 11.3 Å². The number of piperidine rings is 1. The van der Waals surface area contributed by atoms with E-state index in [1.54, 1.807) is 10.5 Å². The van der Waals surface area contributed by atoms with Gasteiger partial charge in [0, 0.05) is 16.8 Å². The van der Waals surface area contributed by atoms with E-state index < -0.39 is 0 Å². The Hall–Kier alpha value is -0.710. The molecule has 2 saturated carbocycles. The topological polar surface area (TPSA) is 34.1 Å². The van der Waals surface area contributed by atoms with E-state index in [0.717, 1.165) is 36.1 Å². The molecule has 9 unspecified atom stereocenters. The maximum Gasteiger partial charge on any atom is 0.0900 e. The lowest BCUT2D eigenvalue weighted by Gasteiger charge is -2.52. The van der Waals surface area contributed by atoms with Gasteiger partial charge in [-0.25, -0.2) is 4.98 Å². The standard InChI is InChI=1S/C30H44N2OS/c1-16-10-26-28(31-15-16)18(3)30(33-26)9-8-21-22-7-6-20-11-25-27(34-19(4)32-25)14-29(20,5)24(22)12-23(21)17(2)13-30/h16,18,20-22,24,26,28,31H,6-15H2,1-5H3/t16-,18?,20?,21?,22?,24?,26?,28?,29?,30?/m0/s1. The van der Waals surface area contributed by atoms with E-state index in [9.17, 15) is 0 Å². The highest BCUT2D eigenvalue weighted by atomic mass is 32.1. The number of fused-ring (bicyclic) bond motifs is 7. The number of hydrogen-bond acceptors (Lipinski definition) is 4. The molecule has 4 aliphatic carbocycles. The number of ether oxygens (including phenoxy) is 1. The molecule has 34 heavy (non-hydrogen) atoms. The smallest absolute Gasteiger partial charge is 0.0900 e. The number of nitrogens with zero attached hydrogens (tertiary/aromatic N) is 1. The van der Waals surface area contributed by atoms with Crippen molar-refractivity contribution >= 4 is 11.3 Å². The summed E-state index contributed by atoms with van der Waals surface area (Å²) in [5.74, 6) is 4.79. The molecule has 6 aliphatic rings.